The van der Waals surface area contributed by atoms with Crippen molar-refractivity contribution in [2.75, 3.05) is 0 Å². The quantitative estimate of drug-likeness (QED) is 0.319. The first-order valence-corrected chi connectivity index (χ1v) is 2.24. The average molecular weight is 168 g/mol. The van der Waals surface area contributed by atoms with Crippen LogP contribution in [0, 0.1) is 0 Å². The van der Waals surface area contributed by atoms with Crippen molar-refractivity contribution in [1.82, 2.24) is 6.15 Å². The molecule has 0 atom stereocenters. The van der Waals surface area contributed by atoms with Gasteiger partial charge in [-0.3, -0.25) is 0 Å². The molecule has 0 aliphatic rings. The molecule has 0 saturated heterocycles. The topological polar surface area (TPSA) is 118 Å². The molecule has 0 aliphatic heterocycles. The second-order valence-electron chi connectivity index (χ2n) is 0.469. The molecule has 1 radical (unpaired) electrons. The van der Waals surface area contributed by atoms with Gasteiger partial charge in [-0.15, -0.1) is 0 Å². The van der Waals surface area contributed by atoms with Crippen LogP contribution in [-0.4, -0.2) is 4.89 Å². The first kappa shape index (κ1) is 15.6. The van der Waals surface area contributed by atoms with Crippen LogP contribution in [0.25, 0.3) is 0 Å². The largest absolute Gasteiger partial charge is 2.00 e. The van der Waals surface area contributed by atoms with Crippen LogP contribution < -0.4 is 15.9 Å². The summed E-state index contributed by atoms with van der Waals surface area (Å²) in [5.41, 5.74) is 0. The summed E-state index contributed by atoms with van der Waals surface area (Å²) < 4.78 is 8.66. The average Bonchev–Trinajstić information content (AvgIpc) is 0.722. The van der Waals surface area contributed by atoms with Gasteiger partial charge in [0, 0.05) is 0 Å². The van der Waals surface area contributed by atoms with Gasteiger partial charge in [-0.05, 0) is 0 Å². The molecule has 4 N–H and O–H groups in total. The summed E-state index contributed by atoms with van der Waals surface area (Å²) in [5, 5.41) is 0. The fourth-order valence-electron chi connectivity index (χ4n) is 0. The molecule has 0 aliphatic carbocycles. The van der Waals surface area contributed by atoms with Crippen LogP contribution in [0.2, 0.25) is 0 Å². The molecule has 7 heteroatoms. The number of phosphoric acid groups is 1. The van der Waals surface area contributed by atoms with Gasteiger partial charge in [0.2, 0.25) is 0 Å². The van der Waals surface area contributed by atoms with Gasteiger partial charge in [0.15, 0.2) is 0 Å². The number of rotatable bonds is 0. The van der Waals surface area contributed by atoms with Crippen LogP contribution in [0.4, 0.5) is 0 Å². The minimum absolute atomic E-state index is 0. The molecule has 0 spiro atoms. The van der Waals surface area contributed by atoms with Crippen molar-refractivity contribution in [2.24, 2.45) is 0 Å². The number of hydrogen-bond donors (Lipinski definition) is 2. The van der Waals surface area contributed by atoms with E-state index in [1.807, 2.05) is 0 Å². The normalized spacial score (nSPS) is 8.43. The Bertz CT molecular complexity index is 57.8. The molecule has 0 aromatic heterocycles. The fourth-order valence-corrected chi connectivity index (χ4v) is 0. The maximum absolute atomic E-state index is 8.66. The van der Waals surface area contributed by atoms with E-state index in [1.54, 1.807) is 0 Å². The molecular weight excluding hydrogens is 164 g/mol. The Kier molecular flexibility index (Phi) is 10.6. The zero-order chi connectivity index (χ0) is 4.50. The molecule has 5 nitrogen and oxygen atoms in total. The van der Waals surface area contributed by atoms with Crippen molar-refractivity contribution in [3.63, 3.8) is 0 Å². The van der Waals surface area contributed by atoms with Gasteiger partial charge < -0.3 is 25.4 Å². The van der Waals surface area contributed by atoms with E-state index in [9.17, 15) is 0 Å². The Morgan fingerprint density at radius 1 is 1.43 bits per heavy atom. The summed E-state index contributed by atoms with van der Waals surface area (Å²) in [6.45, 7) is 0. The van der Waals surface area contributed by atoms with Gasteiger partial charge in [0.25, 0.3) is 0 Å². The Morgan fingerprint density at radius 3 is 1.43 bits per heavy atom. The van der Waals surface area contributed by atoms with Crippen molar-refractivity contribution < 1.29 is 36.3 Å². The van der Waals surface area contributed by atoms with Gasteiger partial charge in [-0.2, -0.15) is 0 Å². The van der Waals surface area contributed by atoms with Gasteiger partial charge >= 0.3 is 17.1 Å². The zero-order valence-electron chi connectivity index (χ0n) is 3.20. The van der Waals surface area contributed by atoms with E-state index in [4.69, 9.17) is 19.2 Å². The summed E-state index contributed by atoms with van der Waals surface area (Å²) in [4.78, 5) is 24.3. The minimum Gasteiger partial charge on any atom is -0.790 e. The maximum Gasteiger partial charge on any atom is 2.00 e. The Labute approximate surface area is 51.0 Å². The van der Waals surface area contributed by atoms with E-state index in [1.165, 1.54) is 0 Å². The zero-order valence-corrected chi connectivity index (χ0v) is 5.28. The van der Waals surface area contributed by atoms with Crippen molar-refractivity contribution in [1.29, 1.82) is 0 Å². The van der Waals surface area contributed by atoms with Gasteiger partial charge in [-0.1, -0.05) is 0 Å². The Hall–Kier alpha value is 0.589. The molecule has 7 heavy (non-hydrogen) atoms. The molecule has 0 amide bonds. The molecule has 45 valence electrons. The summed E-state index contributed by atoms with van der Waals surface area (Å²) in [6, 6.07) is 0. The molecule has 0 saturated carbocycles. The maximum atomic E-state index is 8.66. The van der Waals surface area contributed by atoms with Crippen LogP contribution in [0.1, 0.15) is 0 Å². The van der Waals surface area contributed by atoms with E-state index in [2.05, 4.69) is 0 Å². The first-order chi connectivity index (χ1) is 2.00. The smallest absolute Gasteiger partial charge is 0.790 e. The van der Waals surface area contributed by atoms with Crippen molar-refractivity contribution in [3.05, 3.63) is 0 Å². The van der Waals surface area contributed by atoms with Crippen LogP contribution in [-0.2, 0) is 21.6 Å². The van der Waals surface area contributed by atoms with Crippen LogP contribution in [0.5, 0.6) is 0 Å². The molecule has 0 aromatic rings. The van der Waals surface area contributed by atoms with Gasteiger partial charge in [-0.25, -0.2) is 0 Å². The van der Waals surface area contributed by atoms with E-state index >= 15 is 0 Å². The third kappa shape index (κ3) is 399. The van der Waals surface area contributed by atoms with Gasteiger partial charge in [0.1, 0.15) is 0 Å². The predicted molar refractivity (Wildman–Crippen MR) is 14.8 cm³/mol. The monoisotopic (exact) mass is 168 g/mol. The molecule has 0 heterocycles. The predicted octanol–water partition coefficient (Wildman–Crippen LogP) is -2.03. The van der Waals surface area contributed by atoms with Crippen molar-refractivity contribution in [2.45, 2.75) is 0 Å². The van der Waals surface area contributed by atoms with E-state index in [-0.39, 0.29) is 23.2 Å². The minimum atomic E-state index is -5.14. The standard InChI is InChI=1S/Mn.H3N.H3O4P/c;;1-5(2,3)4/h;1H3;(H3,1,2,3,4)/q+2;;/p-2. The molecular formula is H4MnNO4P. The third-order valence-corrected chi connectivity index (χ3v) is 0. The van der Waals surface area contributed by atoms with E-state index in [0.29, 0.717) is 0 Å². The van der Waals surface area contributed by atoms with Crippen LogP contribution in [0.3, 0.4) is 0 Å². The first-order valence-electron chi connectivity index (χ1n) is 0.748. The SMILES string of the molecule is N.O=P([O-])([O-])O.[Mn+2]. The van der Waals surface area contributed by atoms with E-state index < -0.39 is 7.82 Å². The molecule has 0 unspecified atom stereocenters. The summed E-state index contributed by atoms with van der Waals surface area (Å²) >= 11 is 0. The van der Waals surface area contributed by atoms with Crippen molar-refractivity contribution >= 4 is 7.82 Å². The third-order valence-electron chi connectivity index (χ3n) is 0. The fraction of sp³-hybridized carbons (Fsp3) is 0. The van der Waals surface area contributed by atoms with Gasteiger partial charge in [0.05, 0.1) is 7.82 Å². The van der Waals surface area contributed by atoms with E-state index in [0.717, 1.165) is 0 Å². The van der Waals surface area contributed by atoms with Crippen LogP contribution in [0.15, 0.2) is 0 Å². The molecule has 0 bridgehead atoms. The molecule has 0 rings (SSSR count). The summed E-state index contributed by atoms with van der Waals surface area (Å²) in [5.74, 6) is 0. The second-order valence-corrected chi connectivity index (χ2v) is 1.41. The number of hydrogen-bond acceptors (Lipinski definition) is 4. The molecule has 0 aromatic carbocycles. The van der Waals surface area contributed by atoms with Crippen molar-refractivity contribution in [3.8, 4) is 0 Å². The molecule has 0 fully saturated rings. The summed E-state index contributed by atoms with van der Waals surface area (Å²) in [7, 11) is -5.14. The second kappa shape index (κ2) is 4.74. The summed E-state index contributed by atoms with van der Waals surface area (Å²) in [6.07, 6.45) is 0. The van der Waals surface area contributed by atoms with Crippen LogP contribution >= 0.6 is 7.82 Å². The Morgan fingerprint density at radius 2 is 1.43 bits per heavy atom. The Balaban J connectivity index is -0.0000000800.